The molecule has 1 aliphatic rings. The third kappa shape index (κ3) is 4.47. The van der Waals surface area contributed by atoms with Crippen LogP contribution in [0.5, 0.6) is 11.5 Å². The Morgan fingerprint density at radius 1 is 0.886 bits per heavy atom. The minimum Gasteiger partial charge on any atom is -0.494 e. The molecule has 1 N–H and O–H groups in total. The van der Waals surface area contributed by atoms with Crippen LogP contribution < -0.4 is 14.8 Å². The first kappa shape index (κ1) is 22.6. The number of carbonyl (C=O) groups excluding carboxylic acids is 1. The number of hydrogen-bond donors (Lipinski definition) is 1. The van der Waals surface area contributed by atoms with E-state index in [0.29, 0.717) is 31.2 Å². The second-order valence-electron chi connectivity index (χ2n) is 8.32. The SMILES string of the molecule is CCOc1ccc([C@@H]2c3cccn3-c3ccccc3CN2C(=O)Nc2ccccc2OCC)cc1. The molecule has 0 saturated carbocycles. The van der Waals surface area contributed by atoms with E-state index in [4.69, 9.17) is 9.47 Å². The van der Waals surface area contributed by atoms with Crippen molar-refractivity contribution in [3.63, 3.8) is 0 Å². The molecule has 1 aliphatic heterocycles. The van der Waals surface area contributed by atoms with Crippen LogP contribution in [-0.4, -0.2) is 28.7 Å². The van der Waals surface area contributed by atoms with Gasteiger partial charge in [-0.15, -0.1) is 0 Å². The second kappa shape index (κ2) is 9.97. The number of ether oxygens (including phenoxy) is 2. The van der Waals surface area contributed by atoms with Crippen molar-refractivity contribution >= 4 is 11.7 Å². The standard InChI is InChI=1S/C29H29N3O3/c1-3-34-23-17-15-21(16-18-23)28-26-13-9-19-31(26)25-12-7-5-10-22(25)20-32(28)29(33)30-24-11-6-8-14-27(24)35-4-2/h5-19,28H,3-4,20H2,1-2H3,(H,30,33)/t28-/m1/s1. The number of para-hydroxylation sites is 3. The van der Waals surface area contributed by atoms with Gasteiger partial charge in [0.1, 0.15) is 11.5 Å². The molecule has 0 unspecified atom stereocenters. The Bertz CT molecular complexity index is 1310. The van der Waals surface area contributed by atoms with Crippen molar-refractivity contribution in [3.8, 4) is 17.2 Å². The normalized spacial score (nSPS) is 14.5. The quantitative estimate of drug-likeness (QED) is 0.356. The zero-order chi connectivity index (χ0) is 24.2. The number of amides is 2. The van der Waals surface area contributed by atoms with Crippen molar-refractivity contribution < 1.29 is 14.3 Å². The number of rotatable bonds is 6. The van der Waals surface area contributed by atoms with E-state index >= 15 is 0 Å². The largest absolute Gasteiger partial charge is 0.494 e. The zero-order valence-electron chi connectivity index (χ0n) is 20.0. The highest BCUT2D eigenvalue weighted by molar-refractivity contribution is 5.91. The van der Waals surface area contributed by atoms with Gasteiger partial charge in [-0.3, -0.25) is 0 Å². The van der Waals surface area contributed by atoms with Gasteiger partial charge in [-0.2, -0.15) is 0 Å². The molecule has 0 spiro atoms. The Balaban J connectivity index is 1.59. The first-order chi connectivity index (χ1) is 17.2. The number of nitrogens with one attached hydrogen (secondary N) is 1. The Kier molecular flexibility index (Phi) is 6.44. The van der Waals surface area contributed by atoms with E-state index in [1.54, 1.807) is 0 Å². The Labute approximate surface area is 205 Å². The zero-order valence-corrected chi connectivity index (χ0v) is 20.0. The first-order valence-electron chi connectivity index (χ1n) is 12.0. The van der Waals surface area contributed by atoms with Gasteiger partial charge in [0.2, 0.25) is 0 Å². The summed E-state index contributed by atoms with van der Waals surface area (Å²) in [6.45, 7) is 5.48. The van der Waals surface area contributed by atoms with Crippen molar-refractivity contribution in [1.82, 2.24) is 9.47 Å². The van der Waals surface area contributed by atoms with Crippen LogP contribution in [0.4, 0.5) is 10.5 Å². The minimum atomic E-state index is -0.299. The van der Waals surface area contributed by atoms with Crippen LogP contribution in [-0.2, 0) is 6.54 Å². The fourth-order valence-electron chi connectivity index (χ4n) is 4.64. The van der Waals surface area contributed by atoms with E-state index in [-0.39, 0.29) is 12.1 Å². The first-order valence-corrected chi connectivity index (χ1v) is 12.0. The summed E-state index contributed by atoms with van der Waals surface area (Å²) in [5.41, 5.74) is 4.83. The lowest BCUT2D eigenvalue weighted by molar-refractivity contribution is 0.194. The summed E-state index contributed by atoms with van der Waals surface area (Å²) in [7, 11) is 0. The third-order valence-electron chi connectivity index (χ3n) is 6.16. The van der Waals surface area contributed by atoms with Crippen molar-refractivity contribution in [2.24, 2.45) is 0 Å². The van der Waals surface area contributed by atoms with E-state index in [2.05, 4.69) is 34.3 Å². The molecular formula is C29H29N3O3. The Morgan fingerprint density at radius 2 is 1.63 bits per heavy atom. The highest BCUT2D eigenvalue weighted by atomic mass is 16.5. The lowest BCUT2D eigenvalue weighted by Gasteiger charge is -2.31. The monoisotopic (exact) mass is 467 g/mol. The number of urea groups is 1. The van der Waals surface area contributed by atoms with Gasteiger partial charge in [0.05, 0.1) is 37.2 Å². The Morgan fingerprint density at radius 3 is 2.43 bits per heavy atom. The summed E-state index contributed by atoms with van der Waals surface area (Å²) in [5.74, 6) is 1.46. The maximum Gasteiger partial charge on any atom is 0.323 e. The van der Waals surface area contributed by atoms with Gasteiger partial charge in [-0.1, -0.05) is 42.5 Å². The fourth-order valence-corrected chi connectivity index (χ4v) is 4.64. The van der Waals surface area contributed by atoms with Crippen LogP contribution in [0.25, 0.3) is 5.69 Å². The molecule has 0 saturated heterocycles. The number of nitrogens with zero attached hydrogens (tertiary/aromatic N) is 2. The van der Waals surface area contributed by atoms with Gasteiger partial charge < -0.3 is 24.3 Å². The molecule has 1 atom stereocenters. The van der Waals surface area contributed by atoms with E-state index in [0.717, 1.165) is 28.3 Å². The molecule has 0 bridgehead atoms. The van der Waals surface area contributed by atoms with Crippen molar-refractivity contribution in [3.05, 3.63) is 108 Å². The topological polar surface area (TPSA) is 55.7 Å². The molecule has 0 aliphatic carbocycles. The summed E-state index contributed by atoms with van der Waals surface area (Å²) >= 11 is 0. The number of carbonyl (C=O) groups is 1. The molecule has 6 heteroatoms. The number of hydrogen-bond acceptors (Lipinski definition) is 3. The molecule has 3 aromatic carbocycles. The summed E-state index contributed by atoms with van der Waals surface area (Å²) < 4.78 is 13.6. The number of benzene rings is 3. The summed E-state index contributed by atoms with van der Waals surface area (Å²) in [6.07, 6.45) is 2.06. The van der Waals surface area contributed by atoms with Crippen molar-refractivity contribution in [2.45, 2.75) is 26.4 Å². The van der Waals surface area contributed by atoms with E-state index in [1.807, 2.05) is 85.5 Å². The van der Waals surface area contributed by atoms with Gasteiger partial charge in [-0.05, 0) is 67.4 Å². The van der Waals surface area contributed by atoms with Gasteiger partial charge >= 0.3 is 6.03 Å². The maximum atomic E-state index is 13.9. The molecule has 2 amide bonds. The molecular weight excluding hydrogens is 438 g/mol. The van der Waals surface area contributed by atoms with E-state index in [9.17, 15) is 4.79 Å². The second-order valence-corrected chi connectivity index (χ2v) is 8.32. The molecule has 6 nitrogen and oxygen atoms in total. The molecule has 4 aromatic rings. The lowest BCUT2D eigenvalue weighted by Crippen LogP contribution is -2.38. The van der Waals surface area contributed by atoms with Crippen molar-refractivity contribution in [1.29, 1.82) is 0 Å². The van der Waals surface area contributed by atoms with E-state index < -0.39 is 0 Å². The fraction of sp³-hybridized carbons (Fsp3) is 0.207. The summed E-state index contributed by atoms with van der Waals surface area (Å²) in [5, 5.41) is 3.11. The Hall–Kier alpha value is -4.19. The average Bonchev–Trinajstić information content (AvgIpc) is 3.30. The lowest BCUT2D eigenvalue weighted by atomic mass is 10.0. The summed E-state index contributed by atoms with van der Waals surface area (Å²) in [6, 6.07) is 27.4. The molecule has 0 fully saturated rings. The van der Waals surface area contributed by atoms with Gasteiger partial charge in [-0.25, -0.2) is 4.79 Å². The van der Waals surface area contributed by atoms with Gasteiger partial charge in [0, 0.05) is 11.9 Å². The predicted octanol–water partition coefficient (Wildman–Crippen LogP) is 6.41. The molecule has 2 heterocycles. The van der Waals surface area contributed by atoms with Crippen LogP contribution in [0.1, 0.15) is 36.7 Å². The van der Waals surface area contributed by atoms with Crippen LogP contribution in [0, 0.1) is 0 Å². The smallest absolute Gasteiger partial charge is 0.323 e. The number of aromatic nitrogens is 1. The highest BCUT2D eigenvalue weighted by Gasteiger charge is 2.33. The highest BCUT2D eigenvalue weighted by Crippen LogP contribution is 2.38. The predicted molar refractivity (Wildman–Crippen MR) is 137 cm³/mol. The molecule has 178 valence electrons. The van der Waals surface area contributed by atoms with Crippen LogP contribution in [0.15, 0.2) is 91.1 Å². The van der Waals surface area contributed by atoms with Crippen LogP contribution in [0.2, 0.25) is 0 Å². The molecule has 35 heavy (non-hydrogen) atoms. The molecule has 5 rings (SSSR count). The molecule has 0 radical (unpaired) electrons. The van der Waals surface area contributed by atoms with Gasteiger partial charge in [0.15, 0.2) is 0 Å². The third-order valence-corrected chi connectivity index (χ3v) is 6.16. The number of fused-ring (bicyclic) bond motifs is 3. The maximum absolute atomic E-state index is 13.9. The van der Waals surface area contributed by atoms with Crippen molar-refractivity contribution in [2.75, 3.05) is 18.5 Å². The number of anilines is 1. The molecule has 1 aromatic heterocycles. The van der Waals surface area contributed by atoms with Crippen LogP contribution >= 0.6 is 0 Å². The average molecular weight is 468 g/mol. The van der Waals surface area contributed by atoms with E-state index in [1.165, 1.54) is 0 Å². The van der Waals surface area contributed by atoms with Crippen LogP contribution in [0.3, 0.4) is 0 Å². The summed E-state index contributed by atoms with van der Waals surface area (Å²) in [4.78, 5) is 15.8. The van der Waals surface area contributed by atoms with Gasteiger partial charge in [0.25, 0.3) is 0 Å². The minimum absolute atomic E-state index is 0.194.